The molecule has 1 N–H and O–H groups in total. The lowest BCUT2D eigenvalue weighted by Crippen LogP contribution is -2.39. The zero-order valence-corrected chi connectivity index (χ0v) is 10.3. The minimum Gasteiger partial charge on any atom is -0.312 e. The van der Waals surface area contributed by atoms with Crippen molar-refractivity contribution in [2.45, 2.75) is 31.8 Å². The van der Waals surface area contributed by atoms with Gasteiger partial charge in [0.25, 0.3) is 5.56 Å². The number of nitrogens with one attached hydrogen (secondary N) is 1. The highest BCUT2D eigenvalue weighted by Crippen LogP contribution is 2.09. The Hall–Kier alpha value is -1.68. The number of hydrogen-bond donors (Lipinski definition) is 1. The summed E-state index contributed by atoms with van der Waals surface area (Å²) >= 11 is 0. The number of nitrogens with zero attached hydrogens (tertiary/aromatic N) is 2. The molecule has 4 nitrogen and oxygen atoms in total. The Morgan fingerprint density at radius 1 is 1.33 bits per heavy atom. The van der Waals surface area contributed by atoms with Gasteiger partial charge in [0.1, 0.15) is 0 Å². The first-order valence-electron chi connectivity index (χ1n) is 6.52. The third-order valence-corrected chi connectivity index (χ3v) is 3.56. The predicted octanol–water partition coefficient (Wildman–Crippen LogP) is 1.54. The van der Waals surface area contributed by atoms with Gasteiger partial charge >= 0.3 is 0 Å². The number of hydrogen-bond acceptors (Lipinski definition) is 3. The summed E-state index contributed by atoms with van der Waals surface area (Å²) in [6.45, 7) is 1.77. The van der Waals surface area contributed by atoms with Gasteiger partial charge in [-0.3, -0.25) is 9.36 Å². The molecule has 1 atom stereocenters. The molecule has 3 rings (SSSR count). The Bertz CT molecular complexity index is 599. The Kier molecular flexibility index (Phi) is 3.11. The average molecular weight is 243 g/mol. The maximum absolute atomic E-state index is 12.3. The third kappa shape index (κ3) is 2.16. The Morgan fingerprint density at radius 3 is 3.06 bits per heavy atom. The number of fused-ring (bicyclic) bond motifs is 1. The quantitative estimate of drug-likeness (QED) is 0.870. The summed E-state index contributed by atoms with van der Waals surface area (Å²) in [6.07, 6.45) is 5.29. The molecule has 1 aliphatic rings. The van der Waals surface area contributed by atoms with E-state index in [9.17, 15) is 4.79 Å². The van der Waals surface area contributed by atoms with Gasteiger partial charge in [-0.05, 0) is 31.5 Å². The van der Waals surface area contributed by atoms with Gasteiger partial charge < -0.3 is 5.32 Å². The number of para-hydroxylation sites is 1. The molecule has 0 amide bonds. The summed E-state index contributed by atoms with van der Waals surface area (Å²) < 4.78 is 1.73. The van der Waals surface area contributed by atoms with Crippen LogP contribution in [0, 0.1) is 0 Å². The number of benzene rings is 1. The van der Waals surface area contributed by atoms with Gasteiger partial charge in [0.05, 0.1) is 17.2 Å². The predicted molar refractivity (Wildman–Crippen MR) is 71.6 cm³/mol. The van der Waals surface area contributed by atoms with E-state index < -0.39 is 0 Å². The van der Waals surface area contributed by atoms with Gasteiger partial charge in [-0.25, -0.2) is 4.98 Å². The van der Waals surface area contributed by atoms with E-state index in [-0.39, 0.29) is 5.56 Å². The van der Waals surface area contributed by atoms with Gasteiger partial charge in [0.2, 0.25) is 0 Å². The van der Waals surface area contributed by atoms with Crippen LogP contribution in [0.2, 0.25) is 0 Å². The smallest absolute Gasteiger partial charge is 0.261 e. The van der Waals surface area contributed by atoms with Crippen molar-refractivity contribution in [3.05, 3.63) is 40.9 Å². The molecule has 18 heavy (non-hydrogen) atoms. The second-order valence-electron chi connectivity index (χ2n) is 4.87. The van der Waals surface area contributed by atoms with Crippen LogP contribution < -0.4 is 10.9 Å². The van der Waals surface area contributed by atoms with Gasteiger partial charge in [0, 0.05) is 12.6 Å². The van der Waals surface area contributed by atoms with Crippen LogP contribution in [0.25, 0.3) is 10.9 Å². The number of piperidine rings is 1. The highest BCUT2D eigenvalue weighted by molar-refractivity contribution is 5.76. The lowest BCUT2D eigenvalue weighted by atomic mass is 10.1. The maximum Gasteiger partial charge on any atom is 0.261 e. The van der Waals surface area contributed by atoms with E-state index in [1.54, 1.807) is 10.9 Å². The molecule has 0 spiro atoms. The molecular weight excluding hydrogens is 226 g/mol. The minimum atomic E-state index is 0.0629. The van der Waals surface area contributed by atoms with Crippen molar-refractivity contribution in [1.82, 2.24) is 14.9 Å². The fourth-order valence-electron chi connectivity index (χ4n) is 2.55. The zero-order chi connectivity index (χ0) is 12.4. The van der Waals surface area contributed by atoms with Crippen LogP contribution in [0.1, 0.15) is 19.3 Å². The molecule has 1 aromatic heterocycles. The SMILES string of the molecule is O=c1c2ccccc2ncn1CC1CCCCN1. The average Bonchev–Trinajstić information content (AvgIpc) is 2.43. The Balaban J connectivity index is 1.92. The molecule has 1 unspecified atom stereocenters. The summed E-state index contributed by atoms with van der Waals surface area (Å²) in [5.41, 5.74) is 0.836. The monoisotopic (exact) mass is 243 g/mol. The largest absolute Gasteiger partial charge is 0.312 e. The summed E-state index contributed by atoms with van der Waals surface area (Å²) in [4.78, 5) is 16.6. The molecule has 1 fully saturated rings. The highest BCUT2D eigenvalue weighted by Gasteiger charge is 2.14. The molecule has 1 aromatic carbocycles. The minimum absolute atomic E-state index is 0.0629. The molecule has 1 aliphatic heterocycles. The van der Waals surface area contributed by atoms with E-state index in [2.05, 4.69) is 10.3 Å². The topological polar surface area (TPSA) is 46.9 Å². The number of rotatable bonds is 2. The second-order valence-corrected chi connectivity index (χ2v) is 4.87. The van der Waals surface area contributed by atoms with Crippen LogP contribution in [0.5, 0.6) is 0 Å². The van der Waals surface area contributed by atoms with Crippen molar-refractivity contribution in [2.75, 3.05) is 6.54 Å². The number of aromatic nitrogens is 2. The fraction of sp³-hybridized carbons (Fsp3) is 0.429. The first kappa shape index (κ1) is 11.4. The Morgan fingerprint density at radius 2 is 2.22 bits per heavy atom. The molecule has 94 valence electrons. The van der Waals surface area contributed by atoms with E-state index in [1.165, 1.54) is 12.8 Å². The molecule has 0 saturated carbocycles. The van der Waals surface area contributed by atoms with E-state index in [4.69, 9.17) is 0 Å². The van der Waals surface area contributed by atoms with E-state index in [1.807, 2.05) is 24.3 Å². The van der Waals surface area contributed by atoms with E-state index in [0.29, 0.717) is 11.4 Å². The van der Waals surface area contributed by atoms with Crippen molar-refractivity contribution < 1.29 is 0 Å². The summed E-state index contributed by atoms with van der Waals surface area (Å²) in [5, 5.41) is 4.16. The van der Waals surface area contributed by atoms with Crippen molar-refractivity contribution >= 4 is 10.9 Å². The molecular formula is C14H17N3O. The van der Waals surface area contributed by atoms with Gasteiger partial charge in [-0.15, -0.1) is 0 Å². The normalized spacial score (nSPS) is 20.1. The molecule has 2 aromatic rings. The molecule has 4 heteroatoms. The Labute approximate surface area is 106 Å². The van der Waals surface area contributed by atoms with Crippen LogP contribution in [0.15, 0.2) is 35.4 Å². The first-order valence-corrected chi connectivity index (χ1v) is 6.52. The summed E-state index contributed by atoms with van der Waals surface area (Å²) in [5.74, 6) is 0. The van der Waals surface area contributed by atoms with Crippen LogP contribution in [-0.2, 0) is 6.54 Å². The van der Waals surface area contributed by atoms with E-state index >= 15 is 0 Å². The molecule has 0 aliphatic carbocycles. The van der Waals surface area contributed by atoms with Crippen LogP contribution in [-0.4, -0.2) is 22.1 Å². The fourth-order valence-corrected chi connectivity index (χ4v) is 2.55. The molecule has 0 radical (unpaired) electrons. The lowest BCUT2D eigenvalue weighted by Gasteiger charge is -2.23. The van der Waals surface area contributed by atoms with Gasteiger partial charge in [-0.1, -0.05) is 18.6 Å². The summed E-state index contributed by atoms with van der Waals surface area (Å²) in [7, 11) is 0. The third-order valence-electron chi connectivity index (χ3n) is 3.56. The lowest BCUT2D eigenvalue weighted by molar-refractivity contribution is 0.359. The van der Waals surface area contributed by atoms with Crippen LogP contribution in [0.4, 0.5) is 0 Å². The second kappa shape index (κ2) is 4.90. The first-order chi connectivity index (χ1) is 8.84. The van der Waals surface area contributed by atoms with Crippen molar-refractivity contribution in [2.24, 2.45) is 0 Å². The molecule has 2 heterocycles. The van der Waals surface area contributed by atoms with Crippen molar-refractivity contribution in [3.63, 3.8) is 0 Å². The zero-order valence-electron chi connectivity index (χ0n) is 10.3. The van der Waals surface area contributed by atoms with Crippen molar-refractivity contribution in [1.29, 1.82) is 0 Å². The maximum atomic E-state index is 12.3. The van der Waals surface area contributed by atoms with E-state index in [0.717, 1.165) is 25.0 Å². The highest BCUT2D eigenvalue weighted by atomic mass is 16.1. The van der Waals surface area contributed by atoms with Gasteiger partial charge in [0.15, 0.2) is 0 Å². The van der Waals surface area contributed by atoms with Gasteiger partial charge in [-0.2, -0.15) is 0 Å². The molecule has 0 bridgehead atoms. The van der Waals surface area contributed by atoms with Crippen LogP contribution in [0.3, 0.4) is 0 Å². The summed E-state index contributed by atoms with van der Waals surface area (Å²) in [6, 6.07) is 7.91. The van der Waals surface area contributed by atoms with Crippen LogP contribution >= 0.6 is 0 Å². The van der Waals surface area contributed by atoms with Crippen molar-refractivity contribution in [3.8, 4) is 0 Å². The molecule has 1 saturated heterocycles. The standard InChI is InChI=1S/C14H17N3O/c18-14-12-6-1-2-7-13(12)16-10-17(14)9-11-5-3-4-8-15-11/h1-2,6-7,10-11,15H,3-5,8-9H2.